The first-order valence-corrected chi connectivity index (χ1v) is 7.02. The van der Waals surface area contributed by atoms with Crippen molar-refractivity contribution in [3.63, 3.8) is 0 Å². The first kappa shape index (κ1) is 11.5. The lowest BCUT2D eigenvalue weighted by molar-refractivity contribution is 0.496. The van der Waals surface area contributed by atoms with Gasteiger partial charge in [0.15, 0.2) is 9.84 Å². The fraction of sp³-hybridized carbons (Fsp3) is 0.545. The van der Waals surface area contributed by atoms with E-state index in [1.54, 1.807) is 25.3 Å². The molecule has 0 unspecified atom stereocenters. The summed E-state index contributed by atoms with van der Waals surface area (Å²) in [5, 5.41) is 2.93. The van der Waals surface area contributed by atoms with Crippen LogP contribution in [0.4, 0.5) is 0 Å². The maximum atomic E-state index is 12.3. The number of aryl methyl sites for hydroxylation is 1. The van der Waals surface area contributed by atoms with Crippen molar-refractivity contribution < 1.29 is 8.42 Å². The van der Waals surface area contributed by atoms with Gasteiger partial charge in [-0.3, -0.25) is 4.98 Å². The monoisotopic (exact) mass is 240 g/mol. The van der Waals surface area contributed by atoms with Crippen LogP contribution in [0.5, 0.6) is 0 Å². The second-order valence-electron chi connectivity index (χ2n) is 4.13. The minimum Gasteiger partial charge on any atom is -0.317 e. The Kier molecular flexibility index (Phi) is 3.25. The van der Waals surface area contributed by atoms with Gasteiger partial charge in [-0.25, -0.2) is 8.42 Å². The minimum atomic E-state index is -3.16. The highest BCUT2D eigenvalue weighted by Gasteiger charge is 2.28. The Bertz CT molecular complexity index is 465. The van der Waals surface area contributed by atoms with E-state index in [1.807, 2.05) is 0 Å². The summed E-state index contributed by atoms with van der Waals surface area (Å²) in [5.41, 5.74) is 0.745. The van der Waals surface area contributed by atoms with Gasteiger partial charge in [-0.2, -0.15) is 0 Å². The average Bonchev–Trinajstić information content (AvgIpc) is 2.30. The Morgan fingerprint density at radius 2 is 2.06 bits per heavy atom. The van der Waals surface area contributed by atoms with Crippen molar-refractivity contribution in [3.8, 4) is 0 Å². The molecule has 0 bridgehead atoms. The Hall–Kier alpha value is -0.940. The van der Waals surface area contributed by atoms with Crippen molar-refractivity contribution in [2.75, 3.05) is 13.1 Å². The Balaban J connectivity index is 2.30. The van der Waals surface area contributed by atoms with Gasteiger partial charge in [0.25, 0.3) is 0 Å². The summed E-state index contributed by atoms with van der Waals surface area (Å²) in [5.74, 6) is 0. The molecular formula is C11H16N2O2S. The normalized spacial score (nSPS) is 18.6. The summed E-state index contributed by atoms with van der Waals surface area (Å²) in [6, 6.07) is 3.24. The molecule has 0 saturated carbocycles. The van der Waals surface area contributed by atoms with Crippen LogP contribution >= 0.6 is 0 Å². The third-order valence-electron chi connectivity index (χ3n) is 2.92. The lowest BCUT2D eigenvalue weighted by atomic mass is 10.2. The molecule has 1 aromatic heterocycles. The SMILES string of the molecule is Cc1cc(S(=O)(=O)C2CCNCC2)ccn1. The molecule has 0 aliphatic carbocycles. The molecule has 0 radical (unpaired) electrons. The van der Waals surface area contributed by atoms with Gasteiger partial charge in [-0.1, -0.05) is 0 Å². The second-order valence-corrected chi connectivity index (χ2v) is 6.36. The summed E-state index contributed by atoms with van der Waals surface area (Å²) < 4.78 is 24.6. The van der Waals surface area contributed by atoms with Crippen molar-refractivity contribution in [2.45, 2.75) is 29.9 Å². The molecule has 1 N–H and O–H groups in total. The smallest absolute Gasteiger partial charge is 0.181 e. The van der Waals surface area contributed by atoms with E-state index in [1.165, 1.54) is 0 Å². The molecule has 88 valence electrons. The fourth-order valence-electron chi connectivity index (χ4n) is 1.99. The van der Waals surface area contributed by atoms with E-state index in [0.717, 1.165) is 18.8 Å². The van der Waals surface area contributed by atoms with Gasteiger partial charge < -0.3 is 5.32 Å². The highest BCUT2D eigenvalue weighted by molar-refractivity contribution is 7.92. The van der Waals surface area contributed by atoms with Gasteiger partial charge in [-0.15, -0.1) is 0 Å². The molecule has 1 saturated heterocycles. The minimum absolute atomic E-state index is 0.240. The number of piperidine rings is 1. The van der Waals surface area contributed by atoms with Gasteiger partial charge >= 0.3 is 0 Å². The van der Waals surface area contributed by atoms with Gasteiger partial charge in [0.2, 0.25) is 0 Å². The van der Waals surface area contributed by atoms with Crippen molar-refractivity contribution in [3.05, 3.63) is 24.0 Å². The molecule has 2 rings (SSSR count). The van der Waals surface area contributed by atoms with Crippen LogP contribution in [0.1, 0.15) is 18.5 Å². The summed E-state index contributed by atoms with van der Waals surface area (Å²) in [6.45, 7) is 3.38. The van der Waals surface area contributed by atoms with E-state index in [9.17, 15) is 8.42 Å². The molecule has 16 heavy (non-hydrogen) atoms. The van der Waals surface area contributed by atoms with Crippen LogP contribution < -0.4 is 5.32 Å². The maximum Gasteiger partial charge on any atom is 0.181 e. The number of pyridine rings is 1. The molecule has 0 aromatic carbocycles. The first-order valence-electron chi connectivity index (χ1n) is 5.48. The Labute approximate surface area is 96.0 Å². The zero-order valence-electron chi connectivity index (χ0n) is 9.31. The predicted molar refractivity (Wildman–Crippen MR) is 62.1 cm³/mol. The average molecular weight is 240 g/mol. The number of rotatable bonds is 2. The molecule has 5 heteroatoms. The predicted octanol–water partition coefficient (Wildman–Crippen LogP) is 0.916. The van der Waals surface area contributed by atoms with Crippen molar-refractivity contribution in [1.82, 2.24) is 10.3 Å². The largest absolute Gasteiger partial charge is 0.317 e. The number of nitrogens with zero attached hydrogens (tertiary/aromatic N) is 1. The Morgan fingerprint density at radius 1 is 1.38 bits per heavy atom. The highest BCUT2D eigenvalue weighted by Crippen LogP contribution is 2.22. The van der Waals surface area contributed by atoms with Crippen LogP contribution in [0.25, 0.3) is 0 Å². The molecule has 1 aromatic rings. The number of sulfone groups is 1. The van der Waals surface area contributed by atoms with E-state index in [-0.39, 0.29) is 5.25 Å². The number of hydrogen-bond acceptors (Lipinski definition) is 4. The van der Waals surface area contributed by atoms with E-state index < -0.39 is 9.84 Å². The van der Waals surface area contributed by atoms with Crippen molar-refractivity contribution in [1.29, 1.82) is 0 Å². The molecule has 1 aliphatic heterocycles. The highest BCUT2D eigenvalue weighted by atomic mass is 32.2. The van der Waals surface area contributed by atoms with Crippen molar-refractivity contribution in [2.24, 2.45) is 0 Å². The van der Waals surface area contributed by atoms with Crippen LogP contribution in [0, 0.1) is 6.92 Å². The third kappa shape index (κ3) is 2.25. The Morgan fingerprint density at radius 3 is 2.69 bits per heavy atom. The standard InChI is InChI=1S/C11H16N2O2S/c1-9-8-11(4-7-13-9)16(14,15)10-2-5-12-6-3-10/h4,7-8,10,12H,2-3,5-6H2,1H3. The quantitative estimate of drug-likeness (QED) is 0.835. The summed E-state index contributed by atoms with van der Waals surface area (Å²) in [7, 11) is -3.16. The van der Waals surface area contributed by atoms with Gasteiger partial charge in [0.05, 0.1) is 10.1 Å². The van der Waals surface area contributed by atoms with Gasteiger partial charge in [0.1, 0.15) is 0 Å². The second kappa shape index (κ2) is 4.51. The third-order valence-corrected chi connectivity index (χ3v) is 5.18. The lowest BCUT2D eigenvalue weighted by Gasteiger charge is -2.22. The molecule has 1 aliphatic rings. The van der Waals surface area contributed by atoms with Gasteiger partial charge in [-0.05, 0) is 45.0 Å². The number of nitrogens with one attached hydrogen (secondary N) is 1. The molecule has 0 amide bonds. The van der Waals surface area contributed by atoms with Crippen molar-refractivity contribution >= 4 is 9.84 Å². The molecule has 2 heterocycles. The fourth-order valence-corrected chi connectivity index (χ4v) is 3.82. The summed E-state index contributed by atoms with van der Waals surface area (Å²) in [4.78, 5) is 4.43. The maximum absolute atomic E-state index is 12.3. The first-order chi connectivity index (χ1) is 7.60. The molecule has 0 atom stereocenters. The molecule has 4 nitrogen and oxygen atoms in total. The van der Waals surface area contributed by atoms with Crippen LogP contribution in [0.15, 0.2) is 23.2 Å². The van der Waals surface area contributed by atoms with E-state index in [2.05, 4.69) is 10.3 Å². The van der Waals surface area contributed by atoms with E-state index in [0.29, 0.717) is 17.7 Å². The van der Waals surface area contributed by atoms with Crippen LogP contribution in [0.2, 0.25) is 0 Å². The van der Waals surface area contributed by atoms with E-state index >= 15 is 0 Å². The topological polar surface area (TPSA) is 59.1 Å². The van der Waals surface area contributed by atoms with Gasteiger partial charge in [0, 0.05) is 11.9 Å². The zero-order chi connectivity index (χ0) is 11.6. The zero-order valence-corrected chi connectivity index (χ0v) is 10.1. The molecular weight excluding hydrogens is 224 g/mol. The van der Waals surface area contributed by atoms with Crippen LogP contribution in [-0.2, 0) is 9.84 Å². The number of aromatic nitrogens is 1. The summed E-state index contributed by atoms with van der Waals surface area (Å²) in [6.07, 6.45) is 2.96. The number of hydrogen-bond donors (Lipinski definition) is 1. The lowest BCUT2D eigenvalue weighted by Crippen LogP contribution is -2.35. The van der Waals surface area contributed by atoms with Crippen LogP contribution in [-0.4, -0.2) is 31.7 Å². The molecule has 0 spiro atoms. The summed E-state index contributed by atoms with van der Waals surface area (Å²) >= 11 is 0. The van der Waals surface area contributed by atoms with Crippen LogP contribution in [0.3, 0.4) is 0 Å². The molecule has 1 fully saturated rings. The van der Waals surface area contributed by atoms with E-state index in [4.69, 9.17) is 0 Å².